The van der Waals surface area contributed by atoms with Gasteiger partial charge < -0.3 is 15.4 Å². The maximum atomic E-state index is 13.3. The highest BCUT2D eigenvalue weighted by Gasteiger charge is 2.28. The number of ether oxygens (including phenoxy) is 1. The van der Waals surface area contributed by atoms with Crippen molar-refractivity contribution in [3.05, 3.63) is 76.2 Å². The maximum Gasteiger partial charge on any atom is 0.258 e. The summed E-state index contributed by atoms with van der Waals surface area (Å²) in [6.07, 6.45) is 3.12. The number of thiophene rings is 1. The van der Waals surface area contributed by atoms with Gasteiger partial charge in [-0.1, -0.05) is 37.3 Å². The number of amides is 2. The SMILES string of the molecule is COc1ccc(NC(=O)c2c(NC(=O)Cc3ccccc3)sc3c2CCC(C)C3)cc1. The third-order valence-corrected chi connectivity index (χ3v) is 6.72. The molecule has 160 valence electrons. The Morgan fingerprint density at radius 3 is 2.52 bits per heavy atom. The Hall–Kier alpha value is -3.12. The number of rotatable bonds is 6. The molecule has 0 bridgehead atoms. The van der Waals surface area contributed by atoms with Crippen LogP contribution in [0.3, 0.4) is 0 Å². The second kappa shape index (κ2) is 9.35. The molecule has 4 rings (SSSR count). The van der Waals surface area contributed by atoms with Crippen LogP contribution in [0.1, 0.15) is 39.7 Å². The van der Waals surface area contributed by atoms with E-state index in [0.717, 1.165) is 36.1 Å². The molecular formula is C25H26N2O3S. The smallest absolute Gasteiger partial charge is 0.258 e. The van der Waals surface area contributed by atoms with Crippen molar-refractivity contribution in [3.63, 3.8) is 0 Å². The number of methoxy groups -OCH3 is 1. The van der Waals surface area contributed by atoms with Crippen LogP contribution in [0.15, 0.2) is 54.6 Å². The van der Waals surface area contributed by atoms with Gasteiger partial charge >= 0.3 is 0 Å². The van der Waals surface area contributed by atoms with Crippen LogP contribution in [-0.4, -0.2) is 18.9 Å². The summed E-state index contributed by atoms with van der Waals surface area (Å²) in [5.74, 6) is 1.01. The lowest BCUT2D eigenvalue weighted by molar-refractivity contribution is -0.115. The number of nitrogens with one attached hydrogen (secondary N) is 2. The number of hydrogen-bond acceptors (Lipinski definition) is 4. The van der Waals surface area contributed by atoms with Crippen LogP contribution < -0.4 is 15.4 Å². The van der Waals surface area contributed by atoms with Crippen molar-refractivity contribution < 1.29 is 14.3 Å². The first-order chi connectivity index (χ1) is 15.0. The van der Waals surface area contributed by atoms with Gasteiger partial charge in [0.2, 0.25) is 5.91 Å². The second-order valence-electron chi connectivity index (χ2n) is 7.95. The Bertz CT molecular complexity index is 1070. The number of benzene rings is 2. The molecule has 0 saturated carbocycles. The second-order valence-corrected chi connectivity index (χ2v) is 9.05. The van der Waals surface area contributed by atoms with Gasteiger partial charge in [-0.05, 0) is 60.6 Å². The summed E-state index contributed by atoms with van der Waals surface area (Å²) < 4.78 is 5.18. The van der Waals surface area contributed by atoms with Gasteiger partial charge in [-0.2, -0.15) is 0 Å². The molecule has 1 unspecified atom stereocenters. The third-order valence-electron chi connectivity index (χ3n) is 5.55. The molecule has 1 aliphatic carbocycles. The van der Waals surface area contributed by atoms with Crippen molar-refractivity contribution >= 4 is 33.8 Å². The lowest BCUT2D eigenvalue weighted by atomic mass is 9.88. The van der Waals surface area contributed by atoms with E-state index in [-0.39, 0.29) is 18.2 Å². The molecule has 2 aromatic carbocycles. The molecule has 2 N–H and O–H groups in total. The molecule has 5 nitrogen and oxygen atoms in total. The van der Waals surface area contributed by atoms with Crippen molar-refractivity contribution in [2.45, 2.75) is 32.6 Å². The van der Waals surface area contributed by atoms with Crippen molar-refractivity contribution in [1.29, 1.82) is 0 Å². The zero-order valence-corrected chi connectivity index (χ0v) is 18.6. The molecule has 0 radical (unpaired) electrons. The molecule has 6 heteroatoms. The molecule has 0 aliphatic heterocycles. The van der Waals surface area contributed by atoms with Crippen molar-refractivity contribution in [2.75, 3.05) is 17.7 Å². The molecule has 1 heterocycles. The van der Waals surface area contributed by atoms with E-state index in [1.165, 1.54) is 16.2 Å². The van der Waals surface area contributed by atoms with Crippen molar-refractivity contribution in [2.24, 2.45) is 5.92 Å². The summed E-state index contributed by atoms with van der Waals surface area (Å²) in [4.78, 5) is 27.2. The molecule has 31 heavy (non-hydrogen) atoms. The van der Waals surface area contributed by atoms with Gasteiger partial charge in [-0.3, -0.25) is 9.59 Å². The number of carbonyl (C=O) groups excluding carboxylic acids is 2. The third kappa shape index (κ3) is 4.97. The Morgan fingerprint density at radius 1 is 1.06 bits per heavy atom. The number of anilines is 2. The van der Waals surface area contributed by atoms with Crippen LogP contribution in [0.4, 0.5) is 10.7 Å². The minimum atomic E-state index is -0.188. The molecule has 1 atom stereocenters. The topological polar surface area (TPSA) is 67.4 Å². The summed E-state index contributed by atoms with van der Waals surface area (Å²) >= 11 is 1.54. The summed E-state index contributed by atoms with van der Waals surface area (Å²) in [5.41, 5.74) is 3.31. The first kappa shape index (κ1) is 21.1. The van der Waals surface area contributed by atoms with Crippen LogP contribution in [0.25, 0.3) is 0 Å². The molecule has 2 amide bonds. The van der Waals surface area contributed by atoms with Crippen molar-refractivity contribution in [3.8, 4) is 5.75 Å². The molecule has 1 aromatic heterocycles. The van der Waals surface area contributed by atoms with Crippen LogP contribution in [-0.2, 0) is 24.1 Å². The Kier molecular flexibility index (Phi) is 6.37. The lowest BCUT2D eigenvalue weighted by Gasteiger charge is -2.18. The zero-order valence-electron chi connectivity index (χ0n) is 17.7. The fourth-order valence-corrected chi connectivity index (χ4v) is 5.32. The number of carbonyl (C=O) groups is 2. The minimum absolute atomic E-state index is 0.114. The largest absolute Gasteiger partial charge is 0.497 e. The fourth-order valence-electron chi connectivity index (χ4n) is 3.90. The first-order valence-corrected chi connectivity index (χ1v) is 11.3. The average Bonchev–Trinajstić information content (AvgIpc) is 3.11. The van der Waals surface area contributed by atoms with Gasteiger partial charge in [-0.25, -0.2) is 0 Å². The Labute approximate surface area is 186 Å². The first-order valence-electron chi connectivity index (χ1n) is 10.5. The van der Waals surface area contributed by atoms with Gasteiger partial charge in [0.05, 0.1) is 19.1 Å². The molecule has 3 aromatic rings. The van der Waals surface area contributed by atoms with E-state index in [2.05, 4.69) is 17.6 Å². The molecule has 1 aliphatic rings. The molecule has 0 spiro atoms. The summed E-state index contributed by atoms with van der Waals surface area (Å²) in [5, 5.41) is 6.64. The van der Waals surface area contributed by atoms with Gasteiger partial charge in [0.15, 0.2) is 0 Å². The zero-order chi connectivity index (χ0) is 21.8. The van der Waals surface area contributed by atoms with E-state index in [1.807, 2.05) is 54.6 Å². The van der Waals surface area contributed by atoms with E-state index in [9.17, 15) is 9.59 Å². The molecule has 0 saturated heterocycles. The van der Waals surface area contributed by atoms with Gasteiger partial charge in [0, 0.05) is 10.6 Å². The summed E-state index contributed by atoms with van der Waals surface area (Å²) in [6.45, 7) is 2.23. The van der Waals surface area contributed by atoms with Gasteiger partial charge in [0.25, 0.3) is 5.91 Å². The Morgan fingerprint density at radius 2 is 1.81 bits per heavy atom. The predicted octanol–water partition coefficient (Wildman–Crippen LogP) is 5.32. The fraction of sp³-hybridized carbons (Fsp3) is 0.280. The van der Waals surface area contributed by atoms with E-state index in [4.69, 9.17) is 4.74 Å². The normalized spacial score (nSPS) is 15.1. The van der Waals surface area contributed by atoms with Crippen LogP contribution in [0.5, 0.6) is 5.75 Å². The predicted molar refractivity (Wildman–Crippen MR) is 125 cm³/mol. The number of hydrogen-bond donors (Lipinski definition) is 2. The van der Waals surface area contributed by atoms with Gasteiger partial charge in [-0.15, -0.1) is 11.3 Å². The minimum Gasteiger partial charge on any atom is -0.497 e. The lowest BCUT2D eigenvalue weighted by Crippen LogP contribution is -2.20. The summed E-state index contributed by atoms with van der Waals surface area (Å²) in [6, 6.07) is 16.9. The van der Waals surface area contributed by atoms with Crippen LogP contribution in [0, 0.1) is 5.92 Å². The summed E-state index contributed by atoms with van der Waals surface area (Å²) in [7, 11) is 1.61. The average molecular weight is 435 g/mol. The van der Waals surface area contributed by atoms with E-state index in [0.29, 0.717) is 22.2 Å². The monoisotopic (exact) mass is 434 g/mol. The molecular weight excluding hydrogens is 408 g/mol. The highest BCUT2D eigenvalue weighted by molar-refractivity contribution is 7.17. The van der Waals surface area contributed by atoms with Crippen LogP contribution >= 0.6 is 11.3 Å². The van der Waals surface area contributed by atoms with E-state index >= 15 is 0 Å². The quantitative estimate of drug-likeness (QED) is 0.552. The highest BCUT2D eigenvalue weighted by atomic mass is 32.1. The molecule has 0 fully saturated rings. The van der Waals surface area contributed by atoms with Crippen molar-refractivity contribution in [1.82, 2.24) is 0 Å². The highest BCUT2D eigenvalue weighted by Crippen LogP contribution is 2.40. The van der Waals surface area contributed by atoms with Gasteiger partial charge in [0.1, 0.15) is 10.8 Å². The van der Waals surface area contributed by atoms with Crippen LogP contribution in [0.2, 0.25) is 0 Å². The van der Waals surface area contributed by atoms with E-state index in [1.54, 1.807) is 7.11 Å². The Balaban J connectivity index is 1.58. The van der Waals surface area contributed by atoms with E-state index < -0.39 is 0 Å². The number of fused-ring (bicyclic) bond motifs is 1. The standard InChI is InChI=1S/C25H26N2O3S/c1-16-8-13-20-21(14-16)31-25(27-22(28)15-17-6-4-3-5-7-17)23(20)24(29)26-18-9-11-19(30-2)12-10-18/h3-7,9-12,16H,8,13-15H2,1-2H3,(H,26,29)(H,27,28). The maximum absolute atomic E-state index is 13.3.